The van der Waals surface area contributed by atoms with Crippen LogP contribution in [0.1, 0.15) is 38.2 Å². The zero-order valence-electron chi connectivity index (χ0n) is 14.2. The second-order valence-electron chi connectivity index (χ2n) is 6.35. The number of ether oxygens (including phenoxy) is 1. The molecular formula is C18H23FN2O4. The van der Waals surface area contributed by atoms with Crippen LogP contribution in [0.2, 0.25) is 0 Å². The predicted molar refractivity (Wildman–Crippen MR) is 89.2 cm³/mol. The number of hydrogen-bond donors (Lipinski definition) is 2. The van der Waals surface area contributed by atoms with E-state index in [-0.39, 0.29) is 12.5 Å². The molecule has 0 heterocycles. The standard InChI is InChI=1S/C18H23FN2O4/c1-12-4-2-3-5-15(12)20-18(24)21-16(22)11-25-17(23)10-13-6-8-14(19)9-7-13/h6-9,12,15H,2-5,10-11H2,1H3,(H2,20,21,22,24)/t12-,15-/m0/s1. The van der Waals surface area contributed by atoms with Gasteiger partial charge in [-0.25, -0.2) is 9.18 Å². The van der Waals surface area contributed by atoms with Crippen molar-refractivity contribution in [3.8, 4) is 0 Å². The molecule has 0 saturated heterocycles. The Morgan fingerprint density at radius 3 is 2.52 bits per heavy atom. The van der Waals surface area contributed by atoms with Crippen LogP contribution in [-0.4, -0.2) is 30.6 Å². The summed E-state index contributed by atoms with van der Waals surface area (Å²) < 4.78 is 17.6. The third kappa shape index (κ3) is 6.52. The summed E-state index contributed by atoms with van der Waals surface area (Å²) >= 11 is 0. The van der Waals surface area contributed by atoms with Gasteiger partial charge in [0.25, 0.3) is 5.91 Å². The molecule has 0 aromatic heterocycles. The molecule has 2 N–H and O–H groups in total. The molecule has 1 aliphatic carbocycles. The van der Waals surface area contributed by atoms with E-state index in [4.69, 9.17) is 4.74 Å². The van der Waals surface area contributed by atoms with E-state index in [1.165, 1.54) is 24.3 Å². The Labute approximate surface area is 146 Å². The largest absolute Gasteiger partial charge is 0.455 e. The lowest BCUT2D eigenvalue weighted by molar-refractivity contribution is -0.147. The molecule has 2 atom stereocenters. The van der Waals surface area contributed by atoms with Crippen molar-refractivity contribution in [2.75, 3.05) is 6.61 Å². The number of carbonyl (C=O) groups is 3. The van der Waals surface area contributed by atoms with Gasteiger partial charge in [0.1, 0.15) is 5.82 Å². The zero-order valence-corrected chi connectivity index (χ0v) is 14.2. The minimum Gasteiger partial charge on any atom is -0.455 e. The number of esters is 1. The van der Waals surface area contributed by atoms with E-state index in [1.807, 2.05) is 0 Å². The maximum absolute atomic E-state index is 12.8. The fourth-order valence-electron chi connectivity index (χ4n) is 2.86. The lowest BCUT2D eigenvalue weighted by Gasteiger charge is -2.29. The van der Waals surface area contributed by atoms with Crippen LogP contribution in [0.3, 0.4) is 0 Å². The van der Waals surface area contributed by atoms with Gasteiger partial charge < -0.3 is 10.1 Å². The predicted octanol–water partition coefficient (Wildman–Crippen LogP) is 2.32. The second-order valence-corrected chi connectivity index (χ2v) is 6.35. The molecule has 0 spiro atoms. The Morgan fingerprint density at radius 1 is 1.16 bits per heavy atom. The Morgan fingerprint density at radius 2 is 1.84 bits per heavy atom. The van der Waals surface area contributed by atoms with E-state index in [0.29, 0.717) is 11.5 Å². The summed E-state index contributed by atoms with van der Waals surface area (Å²) in [7, 11) is 0. The average Bonchev–Trinajstić information content (AvgIpc) is 2.57. The highest BCUT2D eigenvalue weighted by Crippen LogP contribution is 2.23. The SMILES string of the molecule is C[C@H]1CCCC[C@@H]1NC(=O)NC(=O)COC(=O)Cc1ccc(F)cc1. The monoisotopic (exact) mass is 350 g/mol. The molecule has 0 aliphatic heterocycles. The maximum atomic E-state index is 12.8. The van der Waals surface area contributed by atoms with Crippen molar-refractivity contribution in [2.24, 2.45) is 5.92 Å². The number of carbonyl (C=O) groups excluding carboxylic acids is 3. The fourth-order valence-corrected chi connectivity index (χ4v) is 2.86. The number of benzene rings is 1. The molecule has 7 heteroatoms. The summed E-state index contributed by atoms with van der Waals surface area (Å²) in [4.78, 5) is 35.1. The number of halogens is 1. The van der Waals surface area contributed by atoms with Gasteiger partial charge in [0.2, 0.25) is 0 Å². The van der Waals surface area contributed by atoms with Gasteiger partial charge in [0, 0.05) is 6.04 Å². The van der Waals surface area contributed by atoms with Crippen LogP contribution in [0.5, 0.6) is 0 Å². The number of rotatable bonds is 5. The molecule has 136 valence electrons. The van der Waals surface area contributed by atoms with Gasteiger partial charge in [-0.15, -0.1) is 0 Å². The van der Waals surface area contributed by atoms with Crippen LogP contribution in [0.25, 0.3) is 0 Å². The zero-order chi connectivity index (χ0) is 18.2. The normalized spacial score (nSPS) is 19.8. The number of amides is 3. The fraction of sp³-hybridized carbons (Fsp3) is 0.500. The van der Waals surface area contributed by atoms with E-state index in [1.54, 1.807) is 0 Å². The van der Waals surface area contributed by atoms with Crippen LogP contribution in [0.15, 0.2) is 24.3 Å². The quantitative estimate of drug-likeness (QED) is 0.798. The van der Waals surface area contributed by atoms with Crippen LogP contribution < -0.4 is 10.6 Å². The summed E-state index contributed by atoms with van der Waals surface area (Å²) in [5, 5.41) is 4.94. The molecule has 0 radical (unpaired) electrons. The molecule has 1 aromatic carbocycles. The molecule has 1 saturated carbocycles. The smallest absolute Gasteiger partial charge is 0.321 e. The molecule has 0 bridgehead atoms. The van der Waals surface area contributed by atoms with Crippen LogP contribution >= 0.6 is 0 Å². The highest BCUT2D eigenvalue weighted by Gasteiger charge is 2.23. The molecule has 2 rings (SSSR count). The first-order valence-corrected chi connectivity index (χ1v) is 8.44. The maximum Gasteiger partial charge on any atom is 0.321 e. The highest BCUT2D eigenvalue weighted by atomic mass is 19.1. The third-order valence-corrected chi connectivity index (χ3v) is 4.31. The second kappa shape index (κ2) is 9.15. The Kier molecular flexibility index (Phi) is 6.91. The summed E-state index contributed by atoms with van der Waals surface area (Å²) in [5.41, 5.74) is 0.579. The van der Waals surface area contributed by atoms with Gasteiger partial charge in [0.15, 0.2) is 6.61 Å². The lowest BCUT2D eigenvalue weighted by Crippen LogP contribution is -2.48. The molecule has 1 aromatic rings. The van der Waals surface area contributed by atoms with Crippen molar-refractivity contribution in [3.05, 3.63) is 35.6 Å². The molecule has 3 amide bonds. The van der Waals surface area contributed by atoms with E-state index in [9.17, 15) is 18.8 Å². The highest BCUT2D eigenvalue weighted by molar-refractivity contribution is 5.95. The number of hydrogen-bond acceptors (Lipinski definition) is 4. The third-order valence-electron chi connectivity index (χ3n) is 4.31. The van der Waals surface area contributed by atoms with Crippen molar-refractivity contribution in [1.29, 1.82) is 0 Å². The van der Waals surface area contributed by atoms with Gasteiger partial charge in [0.05, 0.1) is 6.42 Å². The minimum atomic E-state index is -0.687. The van der Waals surface area contributed by atoms with Crippen molar-refractivity contribution >= 4 is 17.9 Å². The van der Waals surface area contributed by atoms with Crippen molar-refractivity contribution in [2.45, 2.75) is 45.1 Å². The first kappa shape index (κ1) is 18.9. The van der Waals surface area contributed by atoms with E-state index in [0.717, 1.165) is 25.7 Å². The summed E-state index contributed by atoms with van der Waals surface area (Å²) in [6.45, 7) is 1.54. The molecule has 25 heavy (non-hydrogen) atoms. The van der Waals surface area contributed by atoms with E-state index in [2.05, 4.69) is 17.6 Å². The van der Waals surface area contributed by atoms with Gasteiger partial charge in [-0.05, 0) is 36.5 Å². The van der Waals surface area contributed by atoms with E-state index < -0.39 is 30.3 Å². The number of imide groups is 1. The Balaban J connectivity index is 1.68. The average molecular weight is 350 g/mol. The topological polar surface area (TPSA) is 84.5 Å². The molecule has 6 nitrogen and oxygen atoms in total. The van der Waals surface area contributed by atoms with Crippen molar-refractivity contribution in [1.82, 2.24) is 10.6 Å². The van der Waals surface area contributed by atoms with E-state index >= 15 is 0 Å². The van der Waals surface area contributed by atoms with Crippen molar-refractivity contribution < 1.29 is 23.5 Å². The van der Waals surface area contributed by atoms with Crippen molar-refractivity contribution in [3.63, 3.8) is 0 Å². The molecule has 1 aliphatic rings. The first-order chi connectivity index (χ1) is 11.9. The van der Waals surface area contributed by atoms with Gasteiger partial charge in [-0.3, -0.25) is 14.9 Å². The summed E-state index contributed by atoms with van der Waals surface area (Å²) in [6, 6.07) is 4.91. The van der Waals surface area contributed by atoms with Gasteiger partial charge >= 0.3 is 12.0 Å². The Bertz CT molecular complexity index is 618. The first-order valence-electron chi connectivity index (χ1n) is 8.44. The number of urea groups is 1. The molecule has 0 unspecified atom stereocenters. The van der Waals surface area contributed by atoms with Gasteiger partial charge in [-0.2, -0.15) is 0 Å². The molecular weight excluding hydrogens is 327 g/mol. The summed E-state index contributed by atoms with van der Waals surface area (Å²) in [5.74, 6) is -1.32. The van der Waals surface area contributed by atoms with Crippen LogP contribution in [0.4, 0.5) is 9.18 Å². The van der Waals surface area contributed by atoms with Crippen LogP contribution in [0, 0.1) is 11.7 Å². The lowest BCUT2D eigenvalue weighted by atomic mass is 9.86. The minimum absolute atomic E-state index is 0.0579. The Hall–Kier alpha value is -2.44. The van der Waals surface area contributed by atoms with Crippen LogP contribution in [-0.2, 0) is 20.7 Å². The molecule has 1 fully saturated rings. The summed E-state index contributed by atoms with van der Waals surface area (Å²) in [6.07, 6.45) is 4.10. The number of nitrogens with one attached hydrogen (secondary N) is 2. The van der Waals surface area contributed by atoms with Gasteiger partial charge in [-0.1, -0.05) is 31.9 Å².